The molecule has 1 aromatic carbocycles. The third kappa shape index (κ3) is 4.91. The van der Waals surface area contributed by atoms with Gasteiger partial charge in [0.1, 0.15) is 12.4 Å². The Morgan fingerprint density at radius 2 is 2.10 bits per heavy atom. The normalized spacial score (nSPS) is 10.4. The van der Waals surface area contributed by atoms with Crippen molar-refractivity contribution in [2.75, 3.05) is 0 Å². The highest BCUT2D eigenvalue weighted by Gasteiger charge is 2.06. The van der Waals surface area contributed by atoms with E-state index < -0.39 is 0 Å². The summed E-state index contributed by atoms with van der Waals surface area (Å²) in [5, 5.41) is 2.89. The van der Waals surface area contributed by atoms with E-state index in [1.807, 2.05) is 56.3 Å². The van der Waals surface area contributed by atoms with Crippen molar-refractivity contribution >= 4 is 5.91 Å². The predicted octanol–water partition coefficient (Wildman–Crippen LogP) is 2.93. The molecule has 110 valence electrons. The average Bonchev–Trinajstić information content (AvgIpc) is 2.52. The van der Waals surface area contributed by atoms with Crippen LogP contribution in [-0.2, 0) is 17.9 Å². The van der Waals surface area contributed by atoms with E-state index in [4.69, 9.17) is 4.74 Å². The summed E-state index contributed by atoms with van der Waals surface area (Å²) in [5.74, 6) is 0.820. The minimum atomic E-state index is -0.00594. The Morgan fingerprint density at radius 3 is 2.81 bits per heavy atom. The first-order valence-electron chi connectivity index (χ1n) is 7.04. The van der Waals surface area contributed by atoms with Crippen molar-refractivity contribution in [3.8, 4) is 5.75 Å². The number of benzene rings is 1. The number of amides is 1. The molecular formula is C17H20N2O2. The molecule has 0 spiro atoms. The molecule has 0 atom stereocenters. The van der Waals surface area contributed by atoms with Crippen LogP contribution in [0.3, 0.4) is 0 Å². The maximum absolute atomic E-state index is 11.6. The Kier molecular flexibility index (Phi) is 5.32. The molecule has 0 saturated carbocycles. The maximum Gasteiger partial charge on any atom is 0.222 e. The van der Waals surface area contributed by atoms with E-state index in [-0.39, 0.29) is 11.8 Å². The van der Waals surface area contributed by atoms with Crippen LogP contribution in [0.1, 0.15) is 25.1 Å². The van der Waals surface area contributed by atoms with Gasteiger partial charge in [0.25, 0.3) is 0 Å². The zero-order valence-corrected chi connectivity index (χ0v) is 12.4. The summed E-state index contributed by atoms with van der Waals surface area (Å²) in [4.78, 5) is 15.8. The Morgan fingerprint density at radius 1 is 1.24 bits per heavy atom. The van der Waals surface area contributed by atoms with E-state index >= 15 is 0 Å². The summed E-state index contributed by atoms with van der Waals surface area (Å²) in [6, 6.07) is 13.5. The number of pyridine rings is 1. The molecule has 1 aromatic heterocycles. The molecule has 0 aliphatic heterocycles. The van der Waals surface area contributed by atoms with Crippen LogP contribution in [0.2, 0.25) is 0 Å². The molecule has 0 bridgehead atoms. The van der Waals surface area contributed by atoms with E-state index in [0.29, 0.717) is 13.2 Å². The van der Waals surface area contributed by atoms with Crippen molar-refractivity contribution in [1.82, 2.24) is 10.3 Å². The van der Waals surface area contributed by atoms with Gasteiger partial charge < -0.3 is 10.1 Å². The second-order valence-electron chi connectivity index (χ2n) is 5.13. The molecule has 1 heterocycles. The number of nitrogens with zero attached hydrogens (tertiary/aromatic N) is 1. The second-order valence-corrected chi connectivity index (χ2v) is 5.13. The Hall–Kier alpha value is -2.36. The van der Waals surface area contributed by atoms with Gasteiger partial charge in [-0.25, -0.2) is 0 Å². The standard InChI is InChI=1S/C17H20N2O2/c1-13(2)17(20)19-11-14-6-5-8-16(10-14)21-12-15-7-3-4-9-18-15/h3-10,13H,11-12H2,1-2H3,(H,19,20). The number of ether oxygens (including phenoxy) is 1. The van der Waals surface area contributed by atoms with Crippen molar-refractivity contribution in [1.29, 1.82) is 0 Å². The molecule has 2 aromatic rings. The van der Waals surface area contributed by atoms with Crippen molar-refractivity contribution in [2.45, 2.75) is 27.0 Å². The summed E-state index contributed by atoms with van der Waals surface area (Å²) < 4.78 is 5.71. The van der Waals surface area contributed by atoms with E-state index in [1.54, 1.807) is 6.20 Å². The molecule has 0 aliphatic carbocycles. The molecule has 1 N–H and O–H groups in total. The Bertz CT molecular complexity index is 582. The van der Waals surface area contributed by atoms with Gasteiger partial charge in [0.2, 0.25) is 5.91 Å². The van der Waals surface area contributed by atoms with E-state index in [1.165, 1.54) is 0 Å². The van der Waals surface area contributed by atoms with Gasteiger partial charge in [-0.15, -0.1) is 0 Å². The lowest BCUT2D eigenvalue weighted by atomic mass is 10.2. The van der Waals surface area contributed by atoms with Crippen molar-refractivity contribution in [3.05, 3.63) is 59.9 Å². The lowest BCUT2D eigenvalue weighted by Crippen LogP contribution is -2.27. The SMILES string of the molecule is CC(C)C(=O)NCc1cccc(OCc2ccccn2)c1. The van der Waals surface area contributed by atoms with Crippen molar-refractivity contribution in [2.24, 2.45) is 5.92 Å². The zero-order chi connectivity index (χ0) is 15.1. The highest BCUT2D eigenvalue weighted by molar-refractivity contribution is 5.77. The number of rotatable bonds is 6. The second kappa shape index (κ2) is 7.43. The number of carbonyl (C=O) groups is 1. The molecule has 0 aliphatic rings. The van der Waals surface area contributed by atoms with Crippen LogP contribution in [0.25, 0.3) is 0 Å². The molecule has 2 rings (SSSR count). The van der Waals surface area contributed by atoms with Gasteiger partial charge in [-0.1, -0.05) is 32.0 Å². The van der Waals surface area contributed by atoms with Crippen LogP contribution in [0, 0.1) is 5.92 Å². The molecule has 0 fully saturated rings. The van der Waals surface area contributed by atoms with Gasteiger partial charge in [0.15, 0.2) is 0 Å². The van der Waals surface area contributed by atoms with Crippen molar-refractivity contribution < 1.29 is 9.53 Å². The fourth-order valence-electron chi connectivity index (χ4n) is 1.78. The molecule has 0 radical (unpaired) electrons. The van der Waals surface area contributed by atoms with Gasteiger partial charge in [0, 0.05) is 18.7 Å². The number of nitrogens with one attached hydrogen (secondary N) is 1. The van der Waals surface area contributed by atoms with E-state index in [0.717, 1.165) is 17.0 Å². The van der Waals surface area contributed by atoms with Crippen LogP contribution < -0.4 is 10.1 Å². The highest BCUT2D eigenvalue weighted by atomic mass is 16.5. The molecule has 0 saturated heterocycles. The van der Waals surface area contributed by atoms with Crippen LogP contribution in [0.15, 0.2) is 48.7 Å². The Balaban J connectivity index is 1.90. The summed E-state index contributed by atoms with van der Waals surface area (Å²) in [6.07, 6.45) is 1.75. The minimum absolute atomic E-state index is 0.00594. The molecule has 1 amide bonds. The van der Waals surface area contributed by atoms with Gasteiger partial charge in [-0.3, -0.25) is 9.78 Å². The van der Waals surface area contributed by atoms with Crippen LogP contribution in [-0.4, -0.2) is 10.9 Å². The summed E-state index contributed by atoms with van der Waals surface area (Å²) in [5.41, 5.74) is 1.90. The van der Waals surface area contributed by atoms with E-state index in [9.17, 15) is 4.79 Å². The number of hydrogen-bond donors (Lipinski definition) is 1. The first-order valence-corrected chi connectivity index (χ1v) is 7.04. The quantitative estimate of drug-likeness (QED) is 0.887. The first-order chi connectivity index (χ1) is 10.1. The topological polar surface area (TPSA) is 51.2 Å². The van der Waals surface area contributed by atoms with Crippen LogP contribution in [0.4, 0.5) is 0 Å². The smallest absolute Gasteiger partial charge is 0.222 e. The van der Waals surface area contributed by atoms with Crippen LogP contribution in [0.5, 0.6) is 5.75 Å². The average molecular weight is 284 g/mol. The fourth-order valence-corrected chi connectivity index (χ4v) is 1.78. The van der Waals surface area contributed by atoms with Crippen LogP contribution >= 0.6 is 0 Å². The van der Waals surface area contributed by atoms with E-state index in [2.05, 4.69) is 10.3 Å². The lowest BCUT2D eigenvalue weighted by Gasteiger charge is -2.10. The largest absolute Gasteiger partial charge is 0.487 e. The number of hydrogen-bond acceptors (Lipinski definition) is 3. The Labute approximate surface area is 125 Å². The predicted molar refractivity (Wildman–Crippen MR) is 81.7 cm³/mol. The summed E-state index contributed by atoms with van der Waals surface area (Å²) in [7, 11) is 0. The maximum atomic E-state index is 11.6. The number of aromatic nitrogens is 1. The molecular weight excluding hydrogens is 264 g/mol. The molecule has 4 nitrogen and oxygen atoms in total. The van der Waals surface area contributed by atoms with Gasteiger partial charge >= 0.3 is 0 Å². The third-order valence-corrected chi connectivity index (χ3v) is 3.00. The lowest BCUT2D eigenvalue weighted by molar-refractivity contribution is -0.124. The monoisotopic (exact) mass is 284 g/mol. The zero-order valence-electron chi connectivity index (χ0n) is 12.4. The highest BCUT2D eigenvalue weighted by Crippen LogP contribution is 2.14. The van der Waals surface area contributed by atoms with Crippen molar-refractivity contribution in [3.63, 3.8) is 0 Å². The van der Waals surface area contributed by atoms with Gasteiger partial charge in [-0.05, 0) is 29.8 Å². The van der Waals surface area contributed by atoms with Gasteiger partial charge in [-0.2, -0.15) is 0 Å². The summed E-state index contributed by atoms with van der Waals surface area (Å²) >= 11 is 0. The third-order valence-electron chi connectivity index (χ3n) is 3.00. The summed E-state index contributed by atoms with van der Waals surface area (Å²) in [6.45, 7) is 4.70. The van der Waals surface area contributed by atoms with Gasteiger partial charge in [0.05, 0.1) is 5.69 Å². The minimum Gasteiger partial charge on any atom is -0.487 e. The fraction of sp³-hybridized carbons (Fsp3) is 0.294. The number of carbonyl (C=O) groups excluding carboxylic acids is 1. The molecule has 21 heavy (non-hydrogen) atoms. The molecule has 0 unspecified atom stereocenters. The molecule has 4 heteroatoms. The first kappa shape index (κ1) is 15.0.